The highest BCUT2D eigenvalue weighted by atomic mass is 35.5. The Morgan fingerprint density at radius 2 is 1.88 bits per heavy atom. The molecule has 0 saturated carbocycles. The third-order valence-corrected chi connectivity index (χ3v) is 6.82. The van der Waals surface area contributed by atoms with Crippen LogP contribution in [0.1, 0.15) is 43.6 Å². The Morgan fingerprint density at radius 1 is 1.16 bits per heavy atom. The number of ether oxygens (including phenoxy) is 2. The minimum Gasteiger partial charge on any atom is -0.493 e. The molecule has 0 bridgehead atoms. The van der Waals surface area contributed by atoms with E-state index in [4.69, 9.17) is 21.1 Å². The number of fused-ring (bicyclic) bond motifs is 1. The summed E-state index contributed by atoms with van der Waals surface area (Å²) in [6, 6.07) is 11.0. The number of amides is 1. The number of thioether (sulfide) groups is 1. The monoisotopic (exact) mass is 477 g/mol. The van der Waals surface area contributed by atoms with Crippen molar-refractivity contribution in [3.63, 3.8) is 0 Å². The lowest BCUT2D eigenvalue weighted by Crippen LogP contribution is -2.42. The number of rotatable bonds is 6. The number of benzene rings is 2. The van der Waals surface area contributed by atoms with Gasteiger partial charge in [0.25, 0.3) is 0 Å². The van der Waals surface area contributed by atoms with E-state index >= 15 is 0 Å². The van der Waals surface area contributed by atoms with Crippen LogP contribution in [0.4, 0.5) is 5.69 Å². The zero-order valence-corrected chi connectivity index (χ0v) is 20.4. The molecule has 0 saturated heterocycles. The molecule has 1 heterocycles. The maximum absolute atomic E-state index is 13.6. The van der Waals surface area contributed by atoms with Crippen molar-refractivity contribution in [3.05, 3.63) is 52.5 Å². The molecule has 2 aromatic carbocycles. The van der Waals surface area contributed by atoms with Crippen LogP contribution in [0, 0.1) is 5.41 Å². The summed E-state index contributed by atoms with van der Waals surface area (Å²) in [6.07, 6.45) is -0.283. The lowest BCUT2D eigenvalue weighted by molar-refractivity contribution is -0.138. The number of nitrogens with zero attached hydrogens (tertiary/aromatic N) is 1. The van der Waals surface area contributed by atoms with Crippen molar-refractivity contribution in [2.75, 3.05) is 25.7 Å². The lowest BCUT2D eigenvalue weighted by atomic mass is 9.94. The first kappa shape index (κ1) is 24.3. The zero-order chi connectivity index (χ0) is 23.6. The molecule has 1 N–H and O–H groups in total. The average Bonchev–Trinajstić information content (AvgIpc) is 2.82. The molecule has 2 aromatic rings. The minimum atomic E-state index is -1.02. The van der Waals surface area contributed by atoms with Gasteiger partial charge in [0.15, 0.2) is 11.5 Å². The fourth-order valence-corrected chi connectivity index (χ4v) is 5.52. The number of halogens is 1. The predicted molar refractivity (Wildman–Crippen MR) is 128 cm³/mol. The molecule has 172 valence electrons. The number of carboxylic acid groups (broad SMARTS) is 1. The van der Waals surface area contributed by atoms with E-state index in [1.165, 1.54) is 11.8 Å². The molecule has 8 heteroatoms. The first-order chi connectivity index (χ1) is 15.1. The maximum atomic E-state index is 13.6. The zero-order valence-electron chi connectivity index (χ0n) is 18.8. The van der Waals surface area contributed by atoms with E-state index in [1.807, 2.05) is 45.0 Å². The van der Waals surface area contributed by atoms with Gasteiger partial charge >= 0.3 is 5.97 Å². The number of aliphatic carboxylic acids is 1. The van der Waals surface area contributed by atoms with Gasteiger partial charge in [-0.1, -0.05) is 44.5 Å². The third kappa shape index (κ3) is 5.15. The number of para-hydroxylation sites is 1. The van der Waals surface area contributed by atoms with Gasteiger partial charge in [0.1, 0.15) is 0 Å². The van der Waals surface area contributed by atoms with Crippen LogP contribution in [0.25, 0.3) is 0 Å². The normalized spacial score (nSPS) is 18.7. The van der Waals surface area contributed by atoms with Gasteiger partial charge < -0.3 is 19.5 Å². The summed E-state index contributed by atoms with van der Waals surface area (Å²) < 4.78 is 11.1. The Kier molecular flexibility index (Phi) is 7.30. The SMILES string of the molecule is COc1cccc(C2SC(CC(=O)O)C(=O)N(CC(C)(C)C)c3ccc(Cl)cc32)c1OC. The topological polar surface area (TPSA) is 76.1 Å². The van der Waals surface area contributed by atoms with Crippen LogP contribution in [-0.2, 0) is 9.59 Å². The smallest absolute Gasteiger partial charge is 0.305 e. The molecule has 1 amide bonds. The standard InChI is InChI=1S/C24H28ClNO5S/c1-24(2,3)13-26-17-10-9-14(25)11-16(17)22(32-19(23(26)29)12-20(27)28)15-7-6-8-18(30-4)21(15)31-5/h6-11,19,22H,12-13H2,1-5H3,(H,27,28). The summed E-state index contributed by atoms with van der Waals surface area (Å²) in [7, 11) is 3.13. The summed E-state index contributed by atoms with van der Waals surface area (Å²) >= 11 is 7.70. The van der Waals surface area contributed by atoms with Crippen molar-refractivity contribution in [3.8, 4) is 11.5 Å². The molecule has 0 spiro atoms. The molecule has 0 fully saturated rings. The molecule has 3 rings (SSSR count). The number of anilines is 1. The molecule has 2 atom stereocenters. The van der Waals surface area contributed by atoms with Crippen molar-refractivity contribution in [1.82, 2.24) is 0 Å². The van der Waals surface area contributed by atoms with E-state index in [2.05, 4.69) is 0 Å². The van der Waals surface area contributed by atoms with Crippen LogP contribution in [0.3, 0.4) is 0 Å². The second-order valence-electron chi connectivity index (χ2n) is 8.87. The van der Waals surface area contributed by atoms with E-state index in [0.717, 1.165) is 16.8 Å². The summed E-state index contributed by atoms with van der Waals surface area (Å²) in [5.41, 5.74) is 2.16. The second-order valence-corrected chi connectivity index (χ2v) is 10.6. The van der Waals surface area contributed by atoms with Gasteiger partial charge in [-0.2, -0.15) is 0 Å². The van der Waals surface area contributed by atoms with E-state index in [9.17, 15) is 14.7 Å². The Morgan fingerprint density at radius 3 is 2.47 bits per heavy atom. The molecule has 0 aromatic heterocycles. The minimum absolute atomic E-state index is 0.196. The van der Waals surface area contributed by atoms with Crippen LogP contribution in [0.2, 0.25) is 5.02 Å². The summed E-state index contributed by atoms with van der Waals surface area (Å²) in [4.78, 5) is 27.0. The molecule has 1 aliphatic heterocycles. The fourth-order valence-electron chi connectivity index (χ4n) is 3.86. The van der Waals surface area contributed by atoms with Crippen molar-refractivity contribution in [2.45, 2.75) is 37.7 Å². The number of carboxylic acids is 1. The Hall–Kier alpha value is -2.38. The molecule has 32 heavy (non-hydrogen) atoms. The lowest BCUT2D eigenvalue weighted by Gasteiger charge is -2.31. The Balaban J connectivity index is 2.27. The number of methoxy groups -OCH3 is 2. The number of hydrogen-bond acceptors (Lipinski definition) is 5. The number of carbonyl (C=O) groups excluding carboxylic acids is 1. The van der Waals surface area contributed by atoms with Crippen molar-refractivity contribution < 1.29 is 24.2 Å². The van der Waals surface area contributed by atoms with E-state index in [1.54, 1.807) is 31.3 Å². The maximum Gasteiger partial charge on any atom is 0.305 e. The van der Waals surface area contributed by atoms with E-state index in [0.29, 0.717) is 23.1 Å². The number of carbonyl (C=O) groups is 2. The molecular formula is C24H28ClNO5S. The summed E-state index contributed by atoms with van der Waals surface area (Å²) in [5.74, 6) is -0.137. The summed E-state index contributed by atoms with van der Waals surface area (Å²) in [6.45, 7) is 6.58. The van der Waals surface area contributed by atoms with E-state index < -0.39 is 11.2 Å². The quantitative estimate of drug-likeness (QED) is 0.599. The van der Waals surface area contributed by atoms with Gasteiger partial charge in [0, 0.05) is 22.8 Å². The van der Waals surface area contributed by atoms with Gasteiger partial charge in [0.05, 0.1) is 31.1 Å². The van der Waals surface area contributed by atoms with Crippen molar-refractivity contribution in [2.24, 2.45) is 5.41 Å². The van der Waals surface area contributed by atoms with Gasteiger partial charge in [-0.15, -0.1) is 11.8 Å². The Labute approximate surface area is 197 Å². The van der Waals surface area contributed by atoms with E-state index in [-0.39, 0.29) is 23.0 Å². The molecule has 0 radical (unpaired) electrons. The number of hydrogen-bond donors (Lipinski definition) is 1. The third-order valence-electron chi connectivity index (χ3n) is 5.11. The fraction of sp³-hybridized carbons (Fsp3) is 0.417. The highest BCUT2D eigenvalue weighted by Gasteiger charge is 2.39. The van der Waals surface area contributed by atoms with Crippen LogP contribution in [-0.4, -0.2) is 43.0 Å². The molecule has 6 nitrogen and oxygen atoms in total. The van der Waals surface area contributed by atoms with Gasteiger partial charge in [-0.25, -0.2) is 0 Å². The molecule has 1 aliphatic rings. The van der Waals surface area contributed by atoms with Crippen molar-refractivity contribution in [1.29, 1.82) is 0 Å². The highest BCUT2D eigenvalue weighted by Crippen LogP contribution is 2.51. The predicted octanol–water partition coefficient (Wildman–Crippen LogP) is 5.42. The first-order valence-corrected chi connectivity index (χ1v) is 11.6. The van der Waals surface area contributed by atoms with Gasteiger partial charge in [0.2, 0.25) is 5.91 Å². The molecule has 0 aliphatic carbocycles. The van der Waals surface area contributed by atoms with Gasteiger partial charge in [-0.3, -0.25) is 9.59 Å². The first-order valence-electron chi connectivity index (χ1n) is 10.2. The van der Waals surface area contributed by atoms with Crippen LogP contribution < -0.4 is 14.4 Å². The molecule has 2 unspecified atom stereocenters. The summed E-state index contributed by atoms with van der Waals surface area (Å²) in [5, 5.41) is 8.92. The average molecular weight is 478 g/mol. The second kappa shape index (κ2) is 9.63. The molecular weight excluding hydrogens is 450 g/mol. The van der Waals surface area contributed by atoms with Crippen LogP contribution >= 0.6 is 23.4 Å². The van der Waals surface area contributed by atoms with Crippen LogP contribution in [0.15, 0.2) is 36.4 Å². The highest BCUT2D eigenvalue weighted by molar-refractivity contribution is 8.01. The van der Waals surface area contributed by atoms with Gasteiger partial charge in [-0.05, 0) is 35.2 Å². The Bertz CT molecular complexity index is 1020. The van der Waals surface area contributed by atoms with Crippen molar-refractivity contribution >= 4 is 40.9 Å². The largest absolute Gasteiger partial charge is 0.493 e. The van der Waals surface area contributed by atoms with Crippen LogP contribution in [0.5, 0.6) is 11.5 Å².